The lowest BCUT2D eigenvalue weighted by Gasteiger charge is -2.31. The average molecular weight is 279 g/mol. The van der Waals surface area contributed by atoms with Gasteiger partial charge in [0.05, 0.1) is 17.1 Å². The number of para-hydroxylation sites is 1. The Morgan fingerprint density at radius 3 is 3.00 bits per heavy atom. The van der Waals surface area contributed by atoms with E-state index in [1.807, 2.05) is 37.3 Å². The number of aromatic nitrogens is 1. The topological polar surface area (TPSA) is 57.0 Å². The Balaban J connectivity index is 2.07. The molecule has 0 radical (unpaired) electrons. The molecular formula is C17H17N3O. The molecule has 1 amide bonds. The summed E-state index contributed by atoms with van der Waals surface area (Å²) in [5.41, 5.74) is 2.30. The van der Waals surface area contributed by atoms with Crippen LogP contribution in [0.3, 0.4) is 0 Å². The van der Waals surface area contributed by atoms with Crippen molar-refractivity contribution >= 4 is 16.8 Å². The second kappa shape index (κ2) is 5.53. The Hall–Kier alpha value is -2.41. The Bertz CT molecular complexity index is 732. The van der Waals surface area contributed by atoms with E-state index in [9.17, 15) is 10.1 Å². The van der Waals surface area contributed by atoms with E-state index in [2.05, 4.69) is 11.1 Å². The van der Waals surface area contributed by atoms with E-state index in [1.54, 1.807) is 4.90 Å². The van der Waals surface area contributed by atoms with Crippen molar-refractivity contribution in [1.82, 2.24) is 9.88 Å². The van der Waals surface area contributed by atoms with Crippen LogP contribution in [0.5, 0.6) is 0 Å². The van der Waals surface area contributed by atoms with Crippen LogP contribution in [0.1, 0.15) is 35.3 Å². The number of piperidine rings is 1. The van der Waals surface area contributed by atoms with Crippen molar-refractivity contribution in [2.24, 2.45) is 0 Å². The lowest BCUT2D eigenvalue weighted by molar-refractivity contribution is 0.0672. The van der Waals surface area contributed by atoms with E-state index in [-0.39, 0.29) is 11.9 Å². The van der Waals surface area contributed by atoms with Gasteiger partial charge in [-0.2, -0.15) is 5.26 Å². The highest BCUT2D eigenvalue weighted by Crippen LogP contribution is 2.24. The molecule has 0 spiro atoms. The van der Waals surface area contributed by atoms with Crippen molar-refractivity contribution in [3.05, 3.63) is 41.6 Å². The number of benzene rings is 1. The lowest BCUT2D eigenvalue weighted by atomic mass is 10.00. The van der Waals surface area contributed by atoms with Crippen molar-refractivity contribution in [2.75, 3.05) is 6.54 Å². The summed E-state index contributed by atoms with van der Waals surface area (Å²) in [5, 5.41) is 10.1. The van der Waals surface area contributed by atoms with Gasteiger partial charge in [-0.25, -0.2) is 0 Å². The third-order valence-electron chi connectivity index (χ3n) is 3.99. The first-order valence-electron chi connectivity index (χ1n) is 7.27. The summed E-state index contributed by atoms with van der Waals surface area (Å²) in [6, 6.07) is 11.4. The normalized spacial score (nSPS) is 18.5. The molecule has 4 heteroatoms. The number of likely N-dealkylation sites (tertiary alicyclic amines) is 1. The van der Waals surface area contributed by atoms with Gasteiger partial charge in [0.15, 0.2) is 0 Å². The quantitative estimate of drug-likeness (QED) is 0.806. The third kappa shape index (κ3) is 2.47. The molecule has 1 aromatic heterocycles. The second-order valence-corrected chi connectivity index (χ2v) is 5.47. The molecule has 2 aromatic rings. The molecule has 21 heavy (non-hydrogen) atoms. The Morgan fingerprint density at radius 2 is 2.19 bits per heavy atom. The number of carbonyl (C=O) groups is 1. The molecule has 1 unspecified atom stereocenters. The maximum atomic E-state index is 12.9. The van der Waals surface area contributed by atoms with Gasteiger partial charge >= 0.3 is 0 Å². The summed E-state index contributed by atoms with van der Waals surface area (Å²) in [6.07, 6.45) is 2.74. The van der Waals surface area contributed by atoms with Gasteiger partial charge in [0.2, 0.25) is 0 Å². The Morgan fingerprint density at radius 1 is 1.38 bits per heavy atom. The average Bonchev–Trinajstić information content (AvgIpc) is 2.53. The molecule has 0 aliphatic carbocycles. The maximum Gasteiger partial charge on any atom is 0.255 e. The van der Waals surface area contributed by atoms with Gasteiger partial charge in [-0.05, 0) is 38.3 Å². The molecule has 1 fully saturated rings. The molecule has 1 aliphatic rings. The fourth-order valence-electron chi connectivity index (χ4n) is 2.95. The predicted octanol–water partition coefficient (Wildman–Crippen LogP) is 3.06. The Kier molecular flexibility index (Phi) is 3.57. The minimum atomic E-state index is -0.307. The zero-order chi connectivity index (χ0) is 14.8. The largest absolute Gasteiger partial charge is 0.323 e. The number of aryl methyl sites for hydroxylation is 1. The van der Waals surface area contributed by atoms with E-state index < -0.39 is 0 Å². The summed E-state index contributed by atoms with van der Waals surface area (Å²) in [5.74, 6) is -0.0528. The number of hydrogen-bond acceptors (Lipinski definition) is 3. The second-order valence-electron chi connectivity index (χ2n) is 5.47. The zero-order valence-electron chi connectivity index (χ0n) is 12.0. The van der Waals surface area contributed by atoms with Gasteiger partial charge in [0, 0.05) is 17.6 Å². The van der Waals surface area contributed by atoms with Gasteiger partial charge in [0.25, 0.3) is 5.91 Å². The molecule has 0 N–H and O–H groups in total. The highest BCUT2D eigenvalue weighted by molar-refractivity contribution is 6.06. The van der Waals surface area contributed by atoms with Crippen molar-refractivity contribution in [2.45, 2.75) is 32.2 Å². The number of rotatable bonds is 1. The molecule has 1 saturated heterocycles. The fraction of sp³-hybridized carbons (Fsp3) is 0.353. The minimum absolute atomic E-state index is 0.0528. The summed E-state index contributed by atoms with van der Waals surface area (Å²) >= 11 is 0. The fourth-order valence-corrected chi connectivity index (χ4v) is 2.95. The van der Waals surface area contributed by atoms with Crippen LogP contribution in [0.15, 0.2) is 30.3 Å². The van der Waals surface area contributed by atoms with Gasteiger partial charge in [0.1, 0.15) is 6.04 Å². The number of fused-ring (bicyclic) bond motifs is 1. The number of nitrogens with zero attached hydrogens (tertiary/aromatic N) is 3. The molecular weight excluding hydrogens is 262 g/mol. The number of hydrogen-bond donors (Lipinski definition) is 0. The number of pyridine rings is 1. The van der Waals surface area contributed by atoms with Gasteiger partial charge in [-0.15, -0.1) is 0 Å². The first-order chi connectivity index (χ1) is 10.2. The predicted molar refractivity (Wildman–Crippen MR) is 80.8 cm³/mol. The summed E-state index contributed by atoms with van der Waals surface area (Å²) in [6.45, 7) is 2.55. The van der Waals surface area contributed by atoms with Crippen LogP contribution in [-0.4, -0.2) is 28.4 Å². The van der Waals surface area contributed by atoms with E-state index in [4.69, 9.17) is 0 Å². The Labute approximate surface area is 124 Å². The molecule has 0 bridgehead atoms. The number of nitriles is 1. The standard InChI is InChI=1S/C17H17N3O/c1-12-10-15(14-7-2-3-8-16(14)19-12)17(21)20-9-5-4-6-13(20)11-18/h2-3,7-8,10,13H,4-6,9H2,1H3. The van der Waals surface area contributed by atoms with Gasteiger partial charge in [-0.1, -0.05) is 18.2 Å². The first kappa shape index (κ1) is 13.6. The summed E-state index contributed by atoms with van der Waals surface area (Å²) in [4.78, 5) is 19.1. The highest BCUT2D eigenvalue weighted by atomic mass is 16.2. The van der Waals surface area contributed by atoms with E-state index >= 15 is 0 Å². The molecule has 3 rings (SSSR count). The van der Waals surface area contributed by atoms with Gasteiger partial charge in [-0.3, -0.25) is 9.78 Å². The van der Waals surface area contributed by atoms with Crippen LogP contribution < -0.4 is 0 Å². The third-order valence-corrected chi connectivity index (χ3v) is 3.99. The van der Waals surface area contributed by atoms with Crippen molar-refractivity contribution in [1.29, 1.82) is 5.26 Å². The van der Waals surface area contributed by atoms with Crippen LogP contribution in [0.2, 0.25) is 0 Å². The van der Waals surface area contributed by atoms with E-state index in [0.29, 0.717) is 12.1 Å². The zero-order valence-corrected chi connectivity index (χ0v) is 12.0. The van der Waals surface area contributed by atoms with E-state index in [0.717, 1.165) is 35.9 Å². The molecule has 106 valence electrons. The summed E-state index contributed by atoms with van der Waals surface area (Å²) in [7, 11) is 0. The minimum Gasteiger partial charge on any atom is -0.323 e. The monoisotopic (exact) mass is 279 g/mol. The first-order valence-corrected chi connectivity index (χ1v) is 7.27. The number of carbonyl (C=O) groups excluding carboxylic acids is 1. The van der Waals surface area contributed by atoms with Crippen LogP contribution in [0.4, 0.5) is 0 Å². The molecule has 1 atom stereocenters. The SMILES string of the molecule is Cc1cc(C(=O)N2CCCCC2C#N)c2ccccc2n1. The van der Waals surface area contributed by atoms with Crippen molar-refractivity contribution in [3.63, 3.8) is 0 Å². The van der Waals surface area contributed by atoms with Crippen molar-refractivity contribution in [3.8, 4) is 6.07 Å². The molecule has 2 heterocycles. The van der Waals surface area contributed by atoms with Crippen LogP contribution in [0, 0.1) is 18.3 Å². The maximum absolute atomic E-state index is 12.9. The van der Waals surface area contributed by atoms with Crippen molar-refractivity contribution < 1.29 is 4.79 Å². The lowest BCUT2D eigenvalue weighted by Crippen LogP contribution is -2.43. The van der Waals surface area contributed by atoms with Crippen LogP contribution >= 0.6 is 0 Å². The smallest absolute Gasteiger partial charge is 0.255 e. The molecule has 4 nitrogen and oxygen atoms in total. The van der Waals surface area contributed by atoms with E-state index in [1.165, 1.54) is 0 Å². The molecule has 1 aliphatic heterocycles. The summed E-state index contributed by atoms with van der Waals surface area (Å²) < 4.78 is 0. The van der Waals surface area contributed by atoms with Crippen LogP contribution in [-0.2, 0) is 0 Å². The molecule has 0 saturated carbocycles. The van der Waals surface area contributed by atoms with Gasteiger partial charge < -0.3 is 4.90 Å². The van der Waals surface area contributed by atoms with Crippen LogP contribution in [0.25, 0.3) is 10.9 Å². The molecule has 1 aromatic carbocycles. The highest BCUT2D eigenvalue weighted by Gasteiger charge is 2.28. The number of amides is 1.